The van der Waals surface area contributed by atoms with Gasteiger partial charge in [0.25, 0.3) is 0 Å². The lowest BCUT2D eigenvalue weighted by Gasteiger charge is -2.20. The number of nitrogens with one attached hydrogen (secondary N) is 1. The zero-order valence-electron chi connectivity index (χ0n) is 13.3. The van der Waals surface area contributed by atoms with Crippen LogP contribution < -0.4 is 11.1 Å². The van der Waals surface area contributed by atoms with Gasteiger partial charge in [-0.3, -0.25) is 0 Å². The molecule has 0 bridgehead atoms. The van der Waals surface area contributed by atoms with Crippen LogP contribution in [0.4, 0.5) is 11.6 Å². The summed E-state index contributed by atoms with van der Waals surface area (Å²) < 4.78 is 0. The molecule has 5 heteroatoms. The van der Waals surface area contributed by atoms with Crippen LogP contribution in [0.3, 0.4) is 0 Å². The van der Waals surface area contributed by atoms with Crippen molar-refractivity contribution in [1.29, 1.82) is 0 Å². The molecular weight excluding hydrogens is 250 g/mol. The van der Waals surface area contributed by atoms with Gasteiger partial charge >= 0.3 is 0 Å². The molecule has 1 aromatic rings. The van der Waals surface area contributed by atoms with Gasteiger partial charge in [-0.25, -0.2) is 9.97 Å². The van der Waals surface area contributed by atoms with Gasteiger partial charge in [0.15, 0.2) is 0 Å². The van der Waals surface area contributed by atoms with Crippen molar-refractivity contribution < 1.29 is 0 Å². The largest absolute Gasteiger partial charge is 0.383 e. The SMILES string of the molecule is CCc1c(N)ncnc1NC(C)CCCN(CC)CC. The lowest BCUT2D eigenvalue weighted by Crippen LogP contribution is -2.26. The van der Waals surface area contributed by atoms with Crippen molar-refractivity contribution in [3.05, 3.63) is 11.9 Å². The second kappa shape index (κ2) is 8.74. The second-order valence-corrected chi connectivity index (χ2v) is 5.15. The molecule has 1 heterocycles. The topological polar surface area (TPSA) is 67.1 Å². The van der Waals surface area contributed by atoms with E-state index >= 15 is 0 Å². The summed E-state index contributed by atoms with van der Waals surface area (Å²) in [5.41, 5.74) is 6.90. The number of nitrogens with two attached hydrogens (primary N) is 1. The molecule has 20 heavy (non-hydrogen) atoms. The standard InChI is InChI=1S/C15H29N5/c1-5-13-14(16)17-11-18-15(13)19-12(4)9-8-10-20(6-2)7-3/h11-12H,5-10H2,1-4H3,(H3,16,17,18,19). The normalized spacial score (nSPS) is 12.7. The van der Waals surface area contributed by atoms with Gasteiger partial charge in [0.2, 0.25) is 0 Å². The van der Waals surface area contributed by atoms with E-state index in [0.717, 1.165) is 43.9 Å². The molecule has 114 valence electrons. The highest BCUT2D eigenvalue weighted by Crippen LogP contribution is 2.19. The van der Waals surface area contributed by atoms with Gasteiger partial charge in [-0.15, -0.1) is 0 Å². The fourth-order valence-electron chi connectivity index (χ4n) is 2.37. The molecule has 1 atom stereocenters. The minimum Gasteiger partial charge on any atom is -0.383 e. The number of rotatable bonds is 9. The predicted molar refractivity (Wildman–Crippen MR) is 85.9 cm³/mol. The Morgan fingerprint density at radius 3 is 2.55 bits per heavy atom. The van der Waals surface area contributed by atoms with E-state index in [1.807, 2.05) is 0 Å². The van der Waals surface area contributed by atoms with Crippen LogP contribution in [0, 0.1) is 0 Å². The summed E-state index contributed by atoms with van der Waals surface area (Å²) in [5, 5.41) is 3.46. The first-order chi connectivity index (χ1) is 9.62. The fraction of sp³-hybridized carbons (Fsp3) is 0.733. The van der Waals surface area contributed by atoms with Crippen molar-refractivity contribution in [3.63, 3.8) is 0 Å². The molecule has 0 fully saturated rings. The van der Waals surface area contributed by atoms with Gasteiger partial charge in [0.1, 0.15) is 18.0 Å². The molecule has 0 aliphatic heterocycles. The summed E-state index contributed by atoms with van der Waals surface area (Å²) in [6.45, 7) is 12.1. The average molecular weight is 279 g/mol. The lowest BCUT2D eigenvalue weighted by molar-refractivity contribution is 0.295. The molecule has 0 radical (unpaired) electrons. The Labute approximate surface area is 123 Å². The maximum Gasteiger partial charge on any atom is 0.134 e. The van der Waals surface area contributed by atoms with Crippen molar-refractivity contribution in [2.45, 2.75) is 53.0 Å². The van der Waals surface area contributed by atoms with Crippen LogP contribution >= 0.6 is 0 Å². The van der Waals surface area contributed by atoms with Crippen LogP contribution in [0.2, 0.25) is 0 Å². The van der Waals surface area contributed by atoms with Gasteiger partial charge in [0, 0.05) is 11.6 Å². The Kier molecular flexibility index (Phi) is 7.30. The van der Waals surface area contributed by atoms with Crippen LogP contribution in [0.1, 0.15) is 46.1 Å². The molecule has 0 amide bonds. The third kappa shape index (κ3) is 4.96. The van der Waals surface area contributed by atoms with E-state index in [1.54, 1.807) is 0 Å². The molecule has 1 aromatic heterocycles. The smallest absolute Gasteiger partial charge is 0.134 e. The Balaban J connectivity index is 2.46. The van der Waals surface area contributed by atoms with Crippen LogP contribution in [0.15, 0.2) is 6.33 Å². The van der Waals surface area contributed by atoms with E-state index in [-0.39, 0.29) is 0 Å². The van der Waals surface area contributed by atoms with Crippen LogP contribution in [0.5, 0.6) is 0 Å². The number of nitrogen functional groups attached to an aromatic ring is 1. The second-order valence-electron chi connectivity index (χ2n) is 5.15. The van der Waals surface area contributed by atoms with E-state index < -0.39 is 0 Å². The summed E-state index contributed by atoms with van der Waals surface area (Å²) >= 11 is 0. The van der Waals surface area contributed by atoms with Crippen LogP contribution in [-0.2, 0) is 6.42 Å². The summed E-state index contributed by atoms with van der Waals surface area (Å²) in [5.74, 6) is 1.47. The number of nitrogens with zero attached hydrogens (tertiary/aromatic N) is 3. The molecule has 0 aliphatic rings. The molecule has 5 nitrogen and oxygen atoms in total. The Bertz CT molecular complexity index is 390. The summed E-state index contributed by atoms with van der Waals surface area (Å²) in [7, 11) is 0. The first-order valence-corrected chi connectivity index (χ1v) is 7.70. The number of hydrogen-bond acceptors (Lipinski definition) is 5. The number of anilines is 2. The van der Waals surface area contributed by atoms with Crippen molar-refractivity contribution in [1.82, 2.24) is 14.9 Å². The minimum atomic E-state index is 0.394. The molecule has 0 spiro atoms. The average Bonchev–Trinajstić information content (AvgIpc) is 2.44. The van der Waals surface area contributed by atoms with Crippen LogP contribution in [-0.4, -0.2) is 40.5 Å². The molecule has 0 saturated carbocycles. The molecule has 0 aliphatic carbocycles. The quantitative estimate of drug-likeness (QED) is 0.727. The molecule has 1 unspecified atom stereocenters. The third-order valence-electron chi connectivity index (χ3n) is 3.72. The summed E-state index contributed by atoms with van der Waals surface area (Å²) in [6, 6.07) is 0.394. The Hall–Kier alpha value is -1.36. The van der Waals surface area contributed by atoms with Crippen molar-refractivity contribution >= 4 is 11.6 Å². The van der Waals surface area contributed by atoms with Crippen molar-refractivity contribution in [2.75, 3.05) is 30.7 Å². The number of aromatic nitrogens is 2. The Morgan fingerprint density at radius 2 is 1.95 bits per heavy atom. The van der Waals surface area contributed by atoms with E-state index in [4.69, 9.17) is 5.73 Å². The monoisotopic (exact) mass is 279 g/mol. The number of hydrogen-bond donors (Lipinski definition) is 2. The first kappa shape index (κ1) is 16.7. The van der Waals surface area contributed by atoms with Gasteiger partial charge in [-0.2, -0.15) is 0 Å². The fourth-order valence-corrected chi connectivity index (χ4v) is 2.37. The molecule has 3 N–H and O–H groups in total. The van der Waals surface area contributed by atoms with Gasteiger partial charge < -0.3 is 16.0 Å². The molecule has 1 rings (SSSR count). The first-order valence-electron chi connectivity index (χ1n) is 7.70. The van der Waals surface area contributed by atoms with Crippen molar-refractivity contribution in [3.8, 4) is 0 Å². The van der Waals surface area contributed by atoms with Crippen LogP contribution in [0.25, 0.3) is 0 Å². The van der Waals surface area contributed by atoms with E-state index in [1.165, 1.54) is 12.7 Å². The molecular formula is C15H29N5. The van der Waals surface area contributed by atoms with Gasteiger partial charge in [0.05, 0.1) is 0 Å². The molecule has 0 saturated heterocycles. The zero-order chi connectivity index (χ0) is 15.0. The Morgan fingerprint density at radius 1 is 1.25 bits per heavy atom. The highest BCUT2D eigenvalue weighted by Gasteiger charge is 2.10. The summed E-state index contributed by atoms with van der Waals surface area (Å²) in [4.78, 5) is 10.8. The predicted octanol–water partition coefficient (Wildman–Crippen LogP) is 2.54. The van der Waals surface area contributed by atoms with Crippen molar-refractivity contribution in [2.24, 2.45) is 0 Å². The molecule has 0 aromatic carbocycles. The lowest BCUT2D eigenvalue weighted by atomic mass is 10.1. The van der Waals surface area contributed by atoms with E-state index in [9.17, 15) is 0 Å². The highest BCUT2D eigenvalue weighted by molar-refractivity contribution is 5.55. The van der Waals surface area contributed by atoms with E-state index in [2.05, 4.69) is 47.9 Å². The third-order valence-corrected chi connectivity index (χ3v) is 3.72. The van der Waals surface area contributed by atoms with Gasteiger partial charge in [-0.05, 0) is 45.8 Å². The van der Waals surface area contributed by atoms with E-state index in [0.29, 0.717) is 11.9 Å². The maximum absolute atomic E-state index is 5.89. The summed E-state index contributed by atoms with van der Waals surface area (Å²) in [6.07, 6.45) is 4.70. The van der Waals surface area contributed by atoms with Gasteiger partial charge in [-0.1, -0.05) is 20.8 Å². The minimum absolute atomic E-state index is 0.394. The zero-order valence-corrected chi connectivity index (χ0v) is 13.3. The maximum atomic E-state index is 5.89. The highest BCUT2D eigenvalue weighted by atomic mass is 15.1.